The molecule has 19 heavy (non-hydrogen) atoms. The third kappa shape index (κ3) is 3.32. The molecule has 0 saturated carbocycles. The van der Waals surface area contributed by atoms with Crippen molar-refractivity contribution in [2.24, 2.45) is 0 Å². The summed E-state index contributed by atoms with van der Waals surface area (Å²) in [7, 11) is 0. The molecule has 0 bridgehead atoms. The van der Waals surface area contributed by atoms with Crippen molar-refractivity contribution in [2.45, 2.75) is 19.8 Å². The van der Waals surface area contributed by atoms with Gasteiger partial charge in [-0.15, -0.1) is 11.3 Å². The van der Waals surface area contributed by atoms with Gasteiger partial charge in [0.1, 0.15) is 5.75 Å². The summed E-state index contributed by atoms with van der Waals surface area (Å²) >= 11 is 1.59. The summed E-state index contributed by atoms with van der Waals surface area (Å²) in [5, 5.41) is 15.2. The Morgan fingerprint density at radius 2 is 2.32 bits per heavy atom. The molecule has 1 aromatic heterocycles. The number of carbonyl (C=O) groups is 1. The van der Waals surface area contributed by atoms with Crippen LogP contribution in [0.1, 0.15) is 33.8 Å². The van der Waals surface area contributed by atoms with E-state index in [-0.39, 0.29) is 17.6 Å². The van der Waals surface area contributed by atoms with E-state index < -0.39 is 0 Å². The van der Waals surface area contributed by atoms with Crippen molar-refractivity contribution in [1.82, 2.24) is 10.3 Å². The molecule has 5 heteroatoms. The van der Waals surface area contributed by atoms with Crippen LogP contribution in [0, 0.1) is 6.92 Å². The van der Waals surface area contributed by atoms with Crippen molar-refractivity contribution in [3.05, 3.63) is 45.9 Å². The number of thiazole rings is 1. The first kappa shape index (κ1) is 13.5. The number of hydrogen-bond donors (Lipinski definition) is 2. The van der Waals surface area contributed by atoms with E-state index in [1.54, 1.807) is 36.6 Å². The molecule has 100 valence electrons. The number of hydrogen-bond acceptors (Lipinski definition) is 4. The van der Waals surface area contributed by atoms with Crippen molar-refractivity contribution >= 4 is 17.2 Å². The number of amides is 1. The average molecular weight is 276 g/mol. The van der Waals surface area contributed by atoms with E-state index in [0.717, 1.165) is 10.6 Å². The van der Waals surface area contributed by atoms with E-state index in [0.29, 0.717) is 12.1 Å². The number of nitrogens with zero attached hydrogens (tertiary/aromatic N) is 1. The van der Waals surface area contributed by atoms with Crippen LogP contribution in [0.3, 0.4) is 0 Å². The average Bonchev–Trinajstić information content (AvgIpc) is 2.89. The fraction of sp³-hybridized carbons (Fsp3) is 0.286. The lowest BCUT2D eigenvalue weighted by Gasteiger charge is -2.11. The number of phenolic OH excluding ortho intramolecular Hbond substituents is 1. The predicted molar refractivity (Wildman–Crippen MR) is 75.7 cm³/mol. The van der Waals surface area contributed by atoms with Crippen LogP contribution < -0.4 is 5.32 Å². The zero-order chi connectivity index (χ0) is 13.8. The Kier molecular flexibility index (Phi) is 4.16. The highest BCUT2D eigenvalue weighted by atomic mass is 32.1. The van der Waals surface area contributed by atoms with E-state index in [2.05, 4.69) is 10.3 Å². The summed E-state index contributed by atoms with van der Waals surface area (Å²) in [5.74, 6) is 0.243. The Labute approximate surface area is 116 Å². The van der Waals surface area contributed by atoms with Gasteiger partial charge in [-0.25, -0.2) is 4.98 Å². The van der Waals surface area contributed by atoms with Crippen LogP contribution in [0.4, 0.5) is 0 Å². The zero-order valence-electron chi connectivity index (χ0n) is 10.9. The van der Waals surface area contributed by atoms with Gasteiger partial charge < -0.3 is 10.4 Å². The lowest BCUT2D eigenvalue weighted by atomic mass is 10.1. The topological polar surface area (TPSA) is 62.2 Å². The highest BCUT2D eigenvalue weighted by Crippen LogP contribution is 2.18. The number of carbonyl (C=O) groups excluding carboxylic acids is 1. The van der Waals surface area contributed by atoms with Crippen LogP contribution in [0.2, 0.25) is 0 Å². The molecule has 4 nitrogen and oxygen atoms in total. The molecule has 2 N–H and O–H groups in total. The van der Waals surface area contributed by atoms with Crippen molar-refractivity contribution in [3.63, 3.8) is 0 Å². The van der Waals surface area contributed by atoms with Crippen LogP contribution in [-0.4, -0.2) is 22.5 Å². The quantitative estimate of drug-likeness (QED) is 0.902. The lowest BCUT2D eigenvalue weighted by Crippen LogP contribution is -2.28. The number of aryl methyl sites for hydroxylation is 1. The summed E-state index contributed by atoms with van der Waals surface area (Å²) in [6, 6.07) is 4.74. The van der Waals surface area contributed by atoms with Crippen molar-refractivity contribution < 1.29 is 9.90 Å². The largest absolute Gasteiger partial charge is 0.508 e. The molecule has 2 rings (SSSR count). The number of benzene rings is 1. The minimum absolute atomic E-state index is 0.124. The Morgan fingerprint density at radius 3 is 2.95 bits per heavy atom. The molecule has 1 aromatic carbocycles. The third-order valence-electron chi connectivity index (χ3n) is 2.90. The second-order valence-corrected chi connectivity index (χ2v) is 5.41. The van der Waals surface area contributed by atoms with Gasteiger partial charge in [-0.1, -0.05) is 6.92 Å². The maximum absolute atomic E-state index is 12.0. The van der Waals surface area contributed by atoms with Gasteiger partial charge in [-0.3, -0.25) is 4.79 Å². The highest BCUT2D eigenvalue weighted by molar-refractivity contribution is 7.09. The minimum atomic E-state index is -0.124. The fourth-order valence-electron chi connectivity index (χ4n) is 1.81. The first-order valence-corrected chi connectivity index (χ1v) is 6.93. The van der Waals surface area contributed by atoms with E-state index in [9.17, 15) is 9.90 Å². The summed E-state index contributed by atoms with van der Waals surface area (Å²) in [6.07, 6.45) is 1.77. The summed E-state index contributed by atoms with van der Waals surface area (Å²) < 4.78 is 0. The summed E-state index contributed by atoms with van der Waals surface area (Å²) in [6.45, 7) is 4.38. The molecule has 2 aromatic rings. The van der Waals surface area contributed by atoms with Gasteiger partial charge in [0.05, 0.1) is 5.01 Å². The standard InChI is InChI=1S/C14H16N2O2S/c1-9-7-11(17)3-4-12(9)13(18)16-8-10(2)14-15-5-6-19-14/h3-7,10,17H,8H2,1-2H3,(H,16,18). The zero-order valence-corrected chi connectivity index (χ0v) is 11.7. The van der Waals surface area contributed by atoms with Crippen molar-refractivity contribution in [2.75, 3.05) is 6.54 Å². The van der Waals surface area contributed by atoms with Crippen LogP contribution in [0.25, 0.3) is 0 Å². The van der Waals surface area contributed by atoms with Gasteiger partial charge in [-0.2, -0.15) is 0 Å². The maximum atomic E-state index is 12.0. The summed E-state index contributed by atoms with van der Waals surface area (Å²) in [4.78, 5) is 16.3. The minimum Gasteiger partial charge on any atom is -0.508 e. The van der Waals surface area contributed by atoms with Gasteiger partial charge in [-0.05, 0) is 30.7 Å². The third-order valence-corrected chi connectivity index (χ3v) is 3.90. The SMILES string of the molecule is Cc1cc(O)ccc1C(=O)NCC(C)c1nccs1. The van der Waals surface area contributed by atoms with Crippen LogP contribution >= 0.6 is 11.3 Å². The van der Waals surface area contributed by atoms with Crippen molar-refractivity contribution in [1.29, 1.82) is 0 Å². The Balaban J connectivity index is 1.98. The molecule has 1 heterocycles. The Morgan fingerprint density at radius 1 is 1.53 bits per heavy atom. The predicted octanol–water partition coefficient (Wildman–Crippen LogP) is 2.69. The van der Waals surface area contributed by atoms with Gasteiger partial charge in [0, 0.05) is 29.6 Å². The molecular formula is C14H16N2O2S. The van der Waals surface area contributed by atoms with Crippen molar-refractivity contribution in [3.8, 4) is 5.75 Å². The van der Waals surface area contributed by atoms with Gasteiger partial charge >= 0.3 is 0 Å². The van der Waals surface area contributed by atoms with Gasteiger partial charge in [0.25, 0.3) is 5.91 Å². The highest BCUT2D eigenvalue weighted by Gasteiger charge is 2.12. The molecule has 1 atom stereocenters. The molecule has 0 spiro atoms. The molecule has 0 aliphatic carbocycles. The molecule has 0 aliphatic rings. The smallest absolute Gasteiger partial charge is 0.251 e. The second-order valence-electron chi connectivity index (χ2n) is 4.48. The van der Waals surface area contributed by atoms with Gasteiger partial charge in [0.2, 0.25) is 0 Å². The first-order chi connectivity index (χ1) is 9.08. The molecule has 0 saturated heterocycles. The van der Waals surface area contributed by atoms with Crippen LogP contribution in [0.5, 0.6) is 5.75 Å². The number of nitrogens with one attached hydrogen (secondary N) is 1. The molecule has 0 aliphatic heterocycles. The maximum Gasteiger partial charge on any atom is 0.251 e. The number of aromatic hydroxyl groups is 1. The van der Waals surface area contributed by atoms with E-state index in [1.807, 2.05) is 12.3 Å². The Bertz CT molecular complexity index is 567. The van der Waals surface area contributed by atoms with Gasteiger partial charge in [0.15, 0.2) is 0 Å². The first-order valence-electron chi connectivity index (χ1n) is 6.05. The fourth-order valence-corrected chi connectivity index (χ4v) is 2.51. The Hall–Kier alpha value is -1.88. The van der Waals surface area contributed by atoms with Crippen LogP contribution in [-0.2, 0) is 0 Å². The van der Waals surface area contributed by atoms with E-state index in [1.165, 1.54) is 6.07 Å². The van der Waals surface area contributed by atoms with E-state index in [4.69, 9.17) is 0 Å². The second kappa shape index (κ2) is 5.84. The molecule has 1 unspecified atom stereocenters. The van der Waals surface area contributed by atoms with E-state index >= 15 is 0 Å². The van der Waals surface area contributed by atoms with Crippen LogP contribution in [0.15, 0.2) is 29.8 Å². The monoisotopic (exact) mass is 276 g/mol. The normalized spacial score (nSPS) is 12.1. The number of rotatable bonds is 4. The number of aromatic nitrogens is 1. The molecular weight excluding hydrogens is 260 g/mol. The summed E-state index contributed by atoms with van der Waals surface area (Å²) in [5.41, 5.74) is 1.35. The molecule has 1 amide bonds. The lowest BCUT2D eigenvalue weighted by molar-refractivity contribution is 0.0951. The molecule has 0 radical (unpaired) electrons. The number of phenols is 1. The molecule has 0 fully saturated rings.